The Bertz CT molecular complexity index is 1160. The molecule has 1 aliphatic carbocycles. The topological polar surface area (TPSA) is 53.3 Å². The summed E-state index contributed by atoms with van der Waals surface area (Å²) in [4.78, 5) is 2.31. The van der Waals surface area contributed by atoms with Gasteiger partial charge in [0, 0.05) is 35.0 Å². The van der Waals surface area contributed by atoms with Crippen LogP contribution in [0.4, 0.5) is 10.1 Å². The van der Waals surface area contributed by atoms with Crippen LogP contribution in [0, 0.1) is 5.82 Å². The standard InChI is InChI=1S/C29H33FN4/c1-19-6-5-17-34(19)22(4)20(2)32-27-14-9-23(10-15-27)21(3)33-29-18-25(11-16-28(29)31)24-7-12-26(30)13-8-24/h7-10,12-15,18,22,32-33H,1-3,5-6,11,16-17,31H2,4H3. The number of rotatable bonds is 8. The van der Waals surface area contributed by atoms with Crippen LogP contribution in [0.15, 0.2) is 97.1 Å². The minimum Gasteiger partial charge on any atom is -0.400 e. The molecular weight excluding hydrogens is 423 g/mol. The van der Waals surface area contributed by atoms with Crippen molar-refractivity contribution in [3.05, 3.63) is 114 Å². The maximum atomic E-state index is 13.3. The van der Waals surface area contributed by atoms with Crippen LogP contribution in [0.1, 0.15) is 43.7 Å². The summed E-state index contributed by atoms with van der Waals surface area (Å²) in [5, 5.41) is 6.80. The van der Waals surface area contributed by atoms with Crippen LogP contribution in [-0.2, 0) is 0 Å². The Morgan fingerprint density at radius 3 is 2.35 bits per heavy atom. The number of nitrogens with zero attached hydrogens (tertiary/aromatic N) is 1. The molecule has 1 atom stereocenters. The largest absolute Gasteiger partial charge is 0.400 e. The molecule has 2 aliphatic rings. The number of nitrogens with one attached hydrogen (secondary N) is 2. The Labute approximate surface area is 202 Å². The molecule has 0 aromatic heterocycles. The van der Waals surface area contributed by atoms with E-state index in [2.05, 4.69) is 42.2 Å². The van der Waals surface area contributed by atoms with Crippen molar-refractivity contribution < 1.29 is 4.39 Å². The Morgan fingerprint density at radius 2 is 1.71 bits per heavy atom. The maximum absolute atomic E-state index is 13.3. The molecule has 1 heterocycles. The molecule has 2 aromatic rings. The molecule has 4 nitrogen and oxygen atoms in total. The van der Waals surface area contributed by atoms with Crippen LogP contribution >= 0.6 is 0 Å². The maximum Gasteiger partial charge on any atom is 0.123 e. The van der Waals surface area contributed by atoms with E-state index in [-0.39, 0.29) is 11.9 Å². The predicted molar refractivity (Wildman–Crippen MR) is 141 cm³/mol. The summed E-state index contributed by atoms with van der Waals surface area (Å²) in [5.41, 5.74) is 14.9. The molecule has 176 valence electrons. The van der Waals surface area contributed by atoms with Crippen molar-refractivity contribution >= 4 is 17.0 Å². The smallest absolute Gasteiger partial charge is 0.123 e. The van der Waals surface area contributed by atoms with Crippen LogP contribution in [0.25, 0.3) is 11.3 Å². The minimum atomic E-state index is -0.237. The molecule has 4 rings (SSSR count). The molecule has 0 spiro atoms. The van der Waals surface area contributed by atoms with Crippen molar-refractivity contribution in [2.24, 2.45) is 5.73 Å². The Kier molecular flexibility index (Phi) is 6.92. The quantitative estimate of drug-likeness (QED) is 0.433. The van der Waals surface area contributed by atoms with Crippen LogP contribution in [0.3, 0.4) is 0 Å². The highest BCUT2D eigenvalue weighted by molar-refractivity contribution is 5.73. The highest BCUT2D eigenvalue weighted by atomic mass is 19.1. The monoisotopic (exact) mass is 456 g/mol. The Balaban J connectivity index is 1.40. The van der Waals surface area contributed by atoms with E-state index in [9.17, 15) is 4.39 Å². The minimum absolute atomic E-state index is 0.189. The molecule has 0 saturated carbocycles. The van der Waals surface area contributed by atoms with Crippen molar-refractivity contribution in [1.82, 2.24) is 10.2 Å². The molecule has 5 heteroatoms. The third-order valence-corrected chi connectivity index (χ3v) is 6.61. The highest BCUT2D eigenvalue weighted by Crippen LogP contribution is 2.29. The zero-order valence-electron chi connectivity index (χ0n) is 19.8. The first-order valence-electron chi connectivity index (χ1n) is 11.7. The Hall–Kier alpha value is -3.73. The number of anilines is 1. The average Bonchev–Trinajstić information content (AvgIpc) is 3.26. The summed E-state index contributed by atoms with van der Waals surface area (Å²) in [5.74, 6) is -0.237. The zero-order chi connectivity index (χ0) is 24.2. The van der Waals surface area contributed by atoms with E-state index in [4.69, 9.17) is 5.73 Å². The predicted octanol–water partition coefficient (Wildman–Crippen LogP) is 6.36. The van der Waals surface area contributed by atoms with E-state index in [0.717, 1.165) is 77.4 Å². The molecule has 1 unspecified atom stereocenters. The number of benzene rings is 2. The van der Waals surface area contributed by atoms with Crippen molar-refractivity contribution in [2.75, 3.05) is 11.9 Å². The first-order chi connectivity index (χ1) is 16.3. The molecule has 1 fully saturated rings. The summed E-state index contributed by atoms with van der Waals surface area (Å²) >= 11 is 0. The van der Waals surface area contributed by atoms with E-state index < -0.39 is 0 Å². The van der Waals surface area contributed by atoms with E-state index in [0.29, 0.717) is 0 Å². The first kappa shape index (κ1) is 23.4. The van der Waals surface area contributed by atoms with Gasteiger partial charge < -0.3 is 21.3 Å². The lowest BCUT2D eigenvalue weighted by atomic mass is 9.94. The lowest BCUT2D eigenvalue weighted by Crippen LogP contribution is -2.32. The second-order valence-corrected chi connectivity index (χ2v) is 8.99. The van der Waals surface area contributed by atoms with Gasteiger partial charge in [0.05, 0.1) is 11.7 Å². The summed E-state index contributed by atoms with van der Waals surface area (Å²) in [6, 6.07) is 14.9. The fraction of sp³-hybridized carbons (Fsp3) is 0.241. The van der Waals surface area contributed by atoms with Crippen LogP contribution in [0.5, 0.6) is 0 Å². The van der Waals surface area contributed by atoms with Gasteiger partial charge in [-0.2, -0.15) is 0 Å². The molecule has 0 amide bonds. The molecule has 0 radical (unpaired) electrons. The van der Waals surface area contributed by atoms with Crippen molar-refractivity contribution in [3.63, 3.8) is 0 Å². The number of halogens is 1. The van der Waals surface area contributed by atoms with Gasteiger partial charge in [0.15, 0.2) is 0 Å². The number of nitrogens with two attached hydrogens (primary N) is 1. The van der Waals surface area contributed by atoms with Gasteiger partial charge >= 0.3 is 0 Å². The van der Waals surface area contributed by atoms with Crippen LogP contribution in [-0.4, -0.2) is 17.5 Å². The third kappa shape index (κ3) is 5.25. The van der Waals surface area contributed by atoms with E-state index >= 15 is 0 Å². The lowest BCUT2D eigenvalue weighted by Gasteiger charge is -2.29. The first-order valence-corrected chi connectivity index (χ1v) is 11.7. The molecule has 1 saturated heterocycles. The van der Waals surface area contributed by atoms with Gasteiger partial charge in [-0.25, -0.2) is 4.39 Å². The van der Waals surface area contributed by atoms with Crippen molar-refractivity contribution in [1.29, 1.82) is 0 Å². The molecule has 4 N–H and O–H groups in total. The van der Waals surface area contributed by atoms with Gasteiger partial charge in [-0.05, 0) is 79.6 Å². The van der Waals surface area contributed by atoms with Gasteiger partial charge in [0.25, 0.3) is 0 Å². The van der Waals surface area contributed by atoms with Crippen molar-refractivity contribution in [3.8, 4) is 0 Å². The Morgan fingerprint density at radius 1 is 1.00 bits per heavy atom. The van der Waals surface area contributed by atoms with Crippen LogP contribution in [0.2, 0.25) is 0 Å². The number of likely N-dealkylation sites (tertiary alicyclic amines) is 1. The summed E-state index contributed by atoms with van der Waals surface area (Å²) in [7, 11) is 0. The molecule has 2 aromatic carbocycles. The van der Waals surface area contributed by atoms with Gasteiger partial charge in [-0.3, -0.25) is 0 Å². The van der Waals surface area contributed by atoms with Gasteiger partial charge in [0.1, 0.15) is 5.82 Å². The van der Waals surface area contributed by atoms with Crippen LogP contribution < -0.4 is 16.4 Å². The fourth-order valence-corrected chi connectivity index (χ4v) is 4.44. The number of hydrogen-bond donors (Lipinski definition) is 3. The number of allylic oxidation sites excluding steroid dienone is 4. The van der Waals surface area contributed by atoms with Gasteiger partial charge in [0.2, 0.25) is 0 Å². The zero-order valence-corrected chi connectivity index (χ0v) is 19.8. The second kappa shape index (κ2) is 10.0. The fourth-order valence-electron chi connectivity index (χ4n) is 4.44. The molecule has 0 bridgehead atoms. The molecular formula is C29H33FN4. The van der Waals surface area contributed by atoms with E-state index in [1.165, 1.54) is 17.8 Å². The highest BCUT2D eigenvalue weighted by Gasteiger charge is 2.22. The summed E-state index contributed by atoms with van der Waals surface area (Å²) in [6.45, 7) is 15.8. The molecule has 34 heavy (non-hydrogen) atoms. The third-order valence-electron chi connectivity index (χ3n) is 6.61. The molecule has 1 aliphatic heterocycles. The average molecular weight is 457 g/mol. The van der Waals surface area contributed by atoms with Gasteiger partial charge in [-0.15, -0.1) is 0 Å². The van der Waals surface area contributed by atoms with E-state index in [1.54, 1.807) is 12.1 Å². The van der Waals surface area contributed by atoms with E-state index in [1.807, 2.05) is 30.3 Å². The van der Waals surface area contributed by atoms with Gasteiger partial charge in [-0.1, -0.05) is 44.0 Å². The second-order valence-electron chi connectivity index (χ2n) is 8.99. The summed E-state index contributed by atoms with van der Waals surface area (Å²) in [6.07, 6.45) is 5.81. The van der Waals surface area contributed by atoms with Crippen molar-refractivity contribution in [2.45, 2.75) is 38.6 Å². The number of hydrogen-bond acceptors (Lipinski definition) is 4. The lowest BCUT2D eigenvalue weighted by molar-refractivity contribution is 0.341. The summed E-state index contributed by atoms with van der Waals surface area (Å²) < 4.78 is 13.3. The SMILES string of the molecule is C=C(NC1=C(N)CCC(c2ccc(F)cc2)=C1)c1ccc(NC(=C)C(C)N2CCCC2=C)cc1. The normalized spacial score (nSPS) is 16.8.